The molecule has 3 unspecified atom stereocenters. The third-order valence-electron chi connectivity index (χ3n) is 3.41. The third kappa shape index (κ3) is 1.73. The number of hydrogen-bond acceptors (Lipinski definition) is 3. The minimum Gasteiger partial charge on any atom is -0.481 e. The Balaban J connectivity index is 2.07. The highest BCUT2D eigenvalue weighted by molar-refractivity contribution is 5.79. The molecular weight excluding hydrogens is 210 g/mol. The summed E-state index contributed by atoms with van der Waals surface area (Å²) < 4.78 is 0. The summed E-state index contributed by atoms with van der Waals surface area (Å²) in [6.07, 6.45) is 2.33. The number of hydrogen-bond donors (Lipinski definition) is 2. The van der Waals surface area contributed by atoms with Crippen LogP contribution in [0.25, 0.3) is 0 Å². The number of hydrazine groups is 1. The minimum atomic E-state index is -0.783. The van der Waals surface area contributed by atoms with Crippen LogP contribution in [0.3, 0.4) is 0 Å². The number of amides is 2. The minimum absolute atomic E-state index is 0.103. The smallest absolute Gasteiger partial charge is 0.332 e. The SMILES string of the molecule is CN(C)NC(=O)N1C2CCC1C(C(=O)O)C2. The molecule has 2 saturated heterocycles. The van der Waals surface area contributed by atoms with Gasteiger partial charge in [-0.05, 0) is 19.3 Å². The van der Waals surface area contributed by atoms with E-state index in [9.17, 15) is 9.59 Å². The summed E-state index contributed by atoms with van der Waals surface area (Å²) in [5.41, 5.74) is 2.67. The Bertz CT molecular complexity index is 318. The lowest BCUT2D eigenvalue weighted by atomic mass is 9.89. The Morgan fingerprint density at radius 2 is 2.06 bits per heavy atom. The van der Waals surface area contributed by atoms with Crippen LogP contribution in [0.4, 0.5) is 4.79 Å². The number of carboxylic acids is 1. The molecule has 0 radical (unpaired) electrons. The van der Waals surface area contributed by atoms with Crippen molar-refractivity contribution in [2.45, 2.75) is 31.3 Å². The largest absolute Gasteiger partial charge is 0.481 e. The summed E-state index contributed by atoms with van der Waals surface area (Å²) in [7, 11) is 3.48. The molecule has 2 bridgehead atoms. The van der Waals surface area contributed by atoms with Gasteiger partial charge in [-0.25, -0.2) is 9.80 Å². The second-order valence-corrected chi connectivity index (χ2v) is 4.70. The molecule has 6 nitrogen and oxygen atoms in total. The van der Waals surface area contributed by atoms with E-state index in [1.165, 1.54) is 0 Å². The van der Waals surface area contributed by atoms with Crippen LogP contribution in [0.5, 0.6) is 0 Å². The lowest BCUT2D eigenvalue weighted by Gasteiger charge is -2.25. The third-order valence-corrected chi connectivity index (χ3v) is 3.41. The van der Waals surface area contributed by atoms with Gasteiger partial charge in [-0.1, -0.05) is 0 Å². The zero-order valence-electron chi connectivity index (χ0n) is 9.51. The van der Waals surface area contributed by atoms with Crippen molar-refractivity contribution in [3.63, 3.8) is 0 Å². The Morgan fingerprint density at radius 1 is 1.38 bits per heavy atom. The first kappa shape index (κ1) is 11.2. The molecule has 2 aliphatic heterocycles. The summed E-state index contributed by atoms with van der Waals surface area (Å²) in [5, 5.41) is 10.6. The van der Waals surface area contributed by atoms with Crippen LogP contribution in [0, 0.1) is 5.92 Å². The molecule has 2 N–H and O–H groups in total. The molecule has 2 heterocycles. The zero-order chi connectivity index (χ0) is 11.9. The van der Waals surface area contributed by atoms with Crippen molar-refractivity contribution in [1.82, 2.24) is 15.3 Å². The summed E-state index contributed by atoms with van der Waals surface area (Å²) in [6.45, 7) is 0. The highest BCUT2D eigenvalue weighted by Crippen LogP contribution is 2.41. The molecule has 3 atom stereocenters. The van der Waals surface area contributed by atoms with Crippen molar-refractivity contribution >= 4 is 12.0 Å². The van der Waals surface area contributed by atoms with Crippen LogP contribution >= 0.6 is 0 Å². The highest BCUT2D eigenvalue weighted by Gasteiger charge is 2.51. The van der Waals surface area contributed by atoms with Crippen molar-refractivity contribution in [2.75, 3.05) is 14.1 Å². The number of urea groups is 1. The fraction of sp³-hybridized carbons (Fsp3) is 0.800. The second-order valence-electron chi connectivity index (χ2n) is 4.70. The van der Waals surface area contributed by atoms with Crippen LogP contribution in [0.15, 0.2) is 0 Å². The van der Waals surface area contributed by atoms with Gasteiger partial charge in [0.25, 0.3) is 0 Å². The quantitative estimate of drug-likeness (QED) is 0.657. The van der Waals surface area contributed by atoms with Gasteiger partial charge in [0, 0.05) is 26.2 Å². The lowest BCUT2D eigenvalue weighted by Crippen LogP contribution is -2.48. The fourth-order valence-corrected chi connectivity index (χ4v) is 2.82. The Morgan fingerprint density at radius 3 is 2.56 bits per heavy atom. The van der Waals surface area contributed by atoms with Gasteiger partial charge in [-0.15, -0.1) is 0 Å². The first-order valence-electron chi connectivity index (χ1n) is 5.49. The molecule has 6 heteroatoms. The molecule has 0 aliphatic carbocycles. The van der Waals surface area contributed by atoms with Crippen molar-refractivity contribution < 1.29 is 14.7 Å². The Hall–Kier alpha value is -1.30. The molecule has 0 aromatic heterocycles. The summed E-state index contributed by atoms with van der Waals surface area (Å²) in [6, 6.07) is -0.199. The molecule has 0 spiro atoms. The zero-order valence-corrected chi connectivity index (χ0v) is 9.51. The molecule has 2 aliphatic rings. The van der Waals surface area contributed by atoms with Crippen molar-refractivity contribution in [1.29, 1.82) is 0 Å². The Kier molecular flexibility index (Phi) is 2.75. The van der Waals surface area contributed by atoms with E-state index in [0.29, 0.717) is 6.42 Å². The van der Waals surface area contributed by atoms with E-state index in [4.69, 9.17) is 5.11 Å². The van der Waals surface area contributed by atoms with Crippen molar-refractivity contribution in [2.24, 2.45) is 5.92 Å². The molecule has 0 aromatic rings. The fourth-order valence-electron chi connectivity index (χ4n) is 2.82. The molecular formula is C10H17N3O3. The molecule has 0 saturated carbocycles. The van der Waals surface area contributed by atoms with Gasteiger partial charge < -0.3 is 10.0 Å². The number of nitrogens with one attached hydrogen (secondary N) is 1. The number of carboxylic acid groups (broad SMARTS) is 1. The Labute approximate surface area is 94.2 Å². The number of fused-ring (bicyclic) bond motifs is 2. The topological polar surface area (TPSA) is 72.9 Å². The van der Waals surface area contributed by atoms with E-state index < -0.39 is 5.97 Å². The van der Waals surface area contributed by atoms with Crippen LogP contribution < -0.4 is 5.43 Å². The van der Waals surface area contributed by atoms with E-state index in [1.54, 1.807) is 24.0 Å². The van der Waals surface area contributed by atoms with Crippen LogP contribution in [-0.2, 0) is 4.79 Å². The molecule has 2 rings (SSSR count). The molecule has 0 aromatic carbocycles. The second kappa shape index (κ2) is 3.93. The van der Waals surface area contributed by atoms with Gasteiger partial charge >= 0.3 is 12.0 Å². The average Bonchev–Trinajstić information content (AvgIpc) is 2.72. The van der Waals surface area contributed by atoms with Crippen LogP contribution in [-0.4, -0.2) is 53.2 Å². The van der Waals surface area contributed by atoms with E-state index in [1.807, 2.05) is 0 Å². The molecule has 2 amide bonds. The molecule has 90 valence electrons. The standard InChI is InChI=1S/C10H17N3O3/c1-12(2)11-10(16)13-6-3-4-8(13)7(5-6)9(14)15/h6-8H,3-5H2,1-2H3,(H,11,16)(H,14,15). The first-order valence-corrected chi connectivity index (χ1v) is 5.49. The van der Waals surface area contributed by atoms with Crippen LogP contribution in [0.1, 0.15) is 19.3 Å². The van der Waals surface area contributed by atoms with Crippen LogP contribution in [0.2, 0.25) is 0 Å². The van der Waals surface area contributed by atoms with E-state index in [2.05, 4.69) is 5.43 Å². The maximum atomic E-state index is 11.9. The van der Waals surface area contributed by atoms with E-state index >= 15 is 0 Å². The predicted octanol–water partition coefficient (Wildman–Crippen LogP) is 0.110. The summed E-state index contributed by atoms with van der Waals surface area (Å²) >= 11 is 0. The van der Waals surface area contributed by atoms with Gasteiger partial charge in [0.2, 0.25) is 0 Å². The van der Waals surface area contributed by atoms with Crippen molar-refractivity contribution in [3.05, 3.63) is 0 Å². The van der Waals surface area contributed by atoms with Gasteiger partial charge in [-0.3, -0.25) is 10.2 Å². The highest BCUT2D eigenvalue weighted by atomic mass is 16.4. The first-order chi connectivity index (χ1) is 7.50. The lowest BCUT2D eigenvalue weighted by molar-refractivity contribution is -0.142. The van der Waals surface area contributed by atoms with Crippen molar-refractivity contribution in [3.8, 4) is 0 Å². The predicted molar refractivity (Wildman–Crippen MR) is 56.6 cm³/mol. The summed E-state index contributed by atoms with van der Waals surface area (Å²) in [4.78, 5) is 24.6. The van der Waals surface area contributed by atoms with Gasteiger partial charge in [0.1, 0.15) is 0 Å². The number of carbonyl (C=O) groups is 2. The van der Waals surface area contributed by atoms with Gasteiger partial charge in [0.15, 0.2) is 0 Å². The summed E-state index contributed by atoms with van der Waals surface area (Å²) in [5.74, 6) is -1.17. The maximum Gasteiger partial charge on any atom is 0.332 e. The number of rotatable bonds is 2. The van der Waals surface area contributed by atoms with E-state index in [-0.39, 0.29) is 24.0 Å². The maximum absolute atomic E-state index is 11.9. The average molecular weight is 227 g/mol. The number of carbonyl (C=O) groups excluding carboxylic acids is 1. The number of nitrogens with zero attached hydrogens (tertiary/aromatic N) is 2. The molecule has 16 heavy (non-hydrogen) atoms. The van der Waals surface area contributed by atoms with E-state index in [0.717, 1.165) is 12.8 Å². The van der Waals surface area contributed by atoms with Gasteiger partial charge in [0.05, 0.1) is 5.92 Å². The normalized spacial score (nSPS) is 32.2. The number of aliphatic carboxylic acids is 1. The molecule has 2 fully saturated rings. The monoisotopic (exact) mass is 227 g/mol. The van der Waals surface area contributed by atoms with Gasteiger partial charge in [-0.2, -0.15) is 0 Å².